The Hall–Kier alpha value is -2.66. The average molecular weight is 355 g/mol. The number of hydrogen-bond donors (Lipinski definition) is 1. The van der Waals surface area contributed by atoms with Crippen molar-refractivity contribution >= 4 is 23.2 Å². The Labute approximate surface area is 151 Å². The van der Waals surface area contributed by atoms with Crippen LogP contribution in [0.4, 0.5) is 5.69 Å². The van der Waals surface area contributed by atoms with Crippen LogP contribution >= 0.6 is 11.6 Å². The molecule has 128 valence electrons. The average Bonchev–Trinajstić information content (AvgIpc) is 3.05. The highest BCUT2D eigenvalue weighted by Gasteiger charge is 2.20. The Balaban J connectivity index is 1.79. The summed E-state index contributed by atoms with van der Waals surface area (Å²) in [6, 6.07) is 14.3. The molecule has 0 bridgehead atoms. The molecule has 0 spiro atoms. The third-order valence-corrected chi connectivity index (χ3v) is 4.01. The Morgan fingerprint density at radius 1 is 1.12 bits per heavy atom. The monoisotopic (exact) mass is 354 g/mol. The lowest BCUT2D eigenvalue weighted by Crippen LogP contribution is -2.17. The molecule has 0 fully saturated rings. The van der Waals surface area contributed by atoms with Gasteiger partial charge in [0.1, 0.15) is 0 Å². The van der Waals surface area contributed by atoms with Crippen LogP contribution in [-0.4, -0.2) is 20.9 Å². The molecule has 1 amide bonds. The second-order valence-corrected chi connectivity index (χ2v) is 7.23. The van der Waals surface area contributed by atoms with Gasteiger partial charge in [-0.2, -0.15) is 0 Å². The van der Waals surface area contributed by atoms with E-state index in [1.807, 2.05) is 28.9 Å². The van der Waals surface area contributed by atoms with Crippen molar-refractivity contribution in [2.75, 3.05) is 5.32 Å². The van der Waals surface area contributed by atoms with E-state index in [1.54, 1.807) is 30.5 Å². The smallest absolute Gasteiger partial charge is 0.255 e. The highest BCUT2D eigenvalue weighted by Crippen LogP contribution is 2.24. The molecule has 6 heteroatoms. The summed E-state index contributed by atoms with van der Waals surface area (Å²) in [6.07, 6.45) is 1.77. The summed E-state index contributed by atoms with van der Waals surface area (Å²) in [7, 11) is 0. The lowest BCUT2D eigenvalue weighted by Gasteiger charge is -2.19. The lowest BCUT2D eigenvalue weighted by molar-refractivity contribution is 0.102. The van der Waals surface area contributed by atoms with Gasteiger partial charge in [0.15, 0.2) is 0 Å². The van der Waals surface area contributed by atoms with Gasteiger partial charge in [-0.1, -0.05) is 43.7 Å². The maximum absolute atomic E-state index is 12.3. The van der Waals surface area contributed by atoms with Gasteiger partial charge < -0.3 is 5.32 Å². The molecule has 1 heterocycles. The Kier molecular flexibility index (Phi) is 4.59. The molecule has 0 saturated heterocycles. The number of hydrogen-bond acceptors (Lipinski definition) is 3. The standard InChI is InChI=1S/C19H19ClN4O/c1-19(2,3)17-12-21-23-24(17)16-9-7-15(8-10-16)22-18(25)13-5-4-6-14(20)11-13/h4-12H,1-3H3,(H,22,25). The van der Waals surface area contributed by atoms with Crippen LogP contribution in [-0.2, 0) is 5.41 Å². The van der Waals surface area contributed by atoms with Gasteiger partial charge in [0.2, 0.25) is 0 Å². The summed E-state index contributed by atoms with van der Waals surface area (Å²) in [6.45, 7) is 6.34. The van der Waals surface area contributed by atoms with Crippen molar-refractivity contribution in [2.45, 2.75) is 26.2 Å². The molecule has 1 N–H and O–H groups in total. The molecule has 3 aromatic rings. The van der Waals surface area contributed by atoms with Crippen LogP contribution in [0.15, 0.2) is 54.7 Å². The number of carbonyl (C=O) groups is 1. The third kappa shape index (κ3) is 3.88. The second-order valence-electron chi connectivity index (χ2n) is 6.79. The molecule has 0 aliphatic carbocycles. The molecule has 1 aromatic heterocycles. The van der Waals surface area contributed by atoms with E-state index in [4.69, 9.17) is 11.6 Å². The molecule has 0 atom stereocenters. The predicted molar refractivity (Wildman–Crippen MR) is 99.5 cm³/mol. The van der Waals surface area contributed by atoms with Crippen LogP contribution in [0, 0.1) is 0 Å². The molecule has 0 aliphatic rings. The fourth-order valence-electron chi connectivity index (χ4n) is 2.46. The quantitative estimate of drug-likeness (QED) is 0.754. The summed E-state index contributed by atoms with van der Waals surface area (Å²) >= 11 is 5.93. The van der Waals surface area contributed by atoms with Crippen molar-refractivity contribution in [1.82, 2.24) is 15.0 Å². The molecule has 3 rings (SSSR count). The van der Waals surface area contributed by atoms with Crippen LogP contribution in [0.5, 0.6) is 0 Å². The molecule has 0 unspecified atom stereocenters. The summed E-state index contributed by atoms with van der Waals surface area (Å²) < 4.78 is 1.81. The van der Waals surface area contributed by atoms with Gasteiger partial charge in [0.05, 0.1) is 17.6 Å². The zero-order valence-electron chi connectivity index (χ0n) is 14.3. The second kappa shape index (κ2) is 6.69. The molecular formula is C19H19ClN4O. The molecule has 2 aromatic carbocycles. The molecule has 25 heavy (non-hydrogen) atoms. The first kappa shape index (κ1) is 17.2. The lowest BCUT2D eigenvalue weighted by atomic mass is 9.92. The largest absolute Gasteiger partial charge is 0.322 e. The van der Waals surface area contributed by atoms with Crippen molar-refractivity contribution in [1.29, 1.82) is 0 Å². The van der Waals surface area contributed by atoms with Gasteiger partial charge in [-0.25, -0.2) is 4.68 Å². The van der Waals surface area contributed by atoms with Crippen molar-refractivity contribution in [3.8, 4) is 5.69 Å². The number of benzene rings is 2. The van der Waals surface area contributed by atoms with Crippen molar-refractivity contribution in [2.24, 2.45) is 0 Å². The number of amides is 1. The van der Waals surface area contributed by atoms with Gasteiger partial charge in [0.25, 0.3) is 5.91 Å². The van der Waals surface area contributed by atoms with Gasteiger partial charge >= 0.3 is 0 Å². The van der Waals surface area contributed by atoms with E-state index in [1.165, 1.54) is 0 Å². The maximum Gasteiger partial charge on any atom is 0.255 e. The minimum atomic E-state index is -0.202. The van der Waals surface area contributed by atoms with Crippen LogP contribution in [0.1, 0.15) is 36.8 Å². The number of anilines is 1. The Morgan fingerprint density at radius 2 is 1.84 bits per heavy atom. The van der Waals surface area contributed by atoms with E-state index in [2.05, 4.69) is 36.4 Å². The van der Waals surface area contributed by atoms with Crippen LogP contribution < -0.4 is 5.32 Å². The Bertz CT molecular complexity index is 894. The van der Waals surface area contributed by atoms with Crippen LogP contribution in [0.3, 0.4) is 0 Å². The van der Waals surface area contributed by atoms with Gasteiger partial charge in [-0.05, 0) is 42.5 Å². The first-order valence-electron chi connectivity index (χ1n) is 7.93. The van der Waals surface area contributed by atoms with E-state index < -0.39 is 0 Å². The number of rotatable bonds is 3. The van der Waals surface area contributed by atoms with Crippen molar-refractivity contribution < 1.29 is 4.79 Å². The SMILES string of the molecule is CC(C)(C)c1cnnn1-c1ccc(NC(=O)c2cccc(Cl)c2)cc1. The topological polar surface area (TPSA) is 59.8 Å². The zero-order chi connectivity index (χ0) is 18.0. The van der Waals surface area contributed by atoms with Crippen LogP contribution in [0.2, 0.25) is 5.02 Å². The third-order valence-electron chi connectivity index (χ3n) is 3.77. The minimum Gasteiger partial charge on any atom is -0.322 e. The van der Waals surface area contributed by atoms with E-state index >= 15 is 0 Å². The van der Waals surface area contributed by atoms with Crippen molar-refractivity contribution in [3.05, 3.63) is 71.0 Å². The van der Waals surface area contributed by atoms with Crippen LogP contribution in [0.25, 0.3) is 5.69 Å². The highest BCUT2D eigenvalue weighted by molar-refractivity contribution is 6.31. The number of nitrogens with one attached hydrogen (secondary N) is 1. The predicted octanol–water partition coefficient (Wildman–Crippen LogP) is 4.47. The van der Waals surface area contributed by atoms with E-state index in [-0.39, 0.29) is 11.3 Å². The summed E-state index contributed by atoms with van der Waals surface area (Å²) in [5.41, 5.74) is 3.06. The number of halogens is 1. The first-order valence-corrected chi connectivity index (χ1v) is 8.31. The highest BCUT2D eigenvalue weighted by atomic mass is 35.5. The normalized spacial score (nSPS) is 11.4. The summed E-state index contributed by atoms with van der Waals surface area (Å²) in [5, 5.41) is 11.6. The number of carbonyl (C=O) groups excluding carboxylic acids is 1. The summed E-state index contributed by atoms with van der Waals surface area (Å²) in [4.78, 5) is 12.3. The molecular weight excluding hydrogens is 336 g/mol. The fraction of sp³-hybridized carbons (Fsp3) is 0.211. The fourth-order valence-corrected chi connectivity index (χ4v) is 2.65. The molecule has 0 saturated carbocycles. The number of nitrogens with zero attached hydrogens (tertiary/aromatic N) is 3. The van der Waals surface area contributed by atoms with E-state index in [9.17, 15) is 4.79 Å². The van der Waals surface area contributed by atoms with Crippen molar-refractivity contribution in [3.63, 3.8) is 0 Å². The Morgan fingerprint density at radius 3 is 2.48 bits per heavy atom. The first-order chi connectivity index (χ1) is 11.8. The molecule has 0 aliphatic heterocycles. The van der Waals surface area contributed by atoms with Gasteiger partial charge in [-0.3, -0.25) is 4.79 Å². The minimum absolute atomic E-state index is 0.0665. The maximum atomic E-state index is 12.3. The molecule has 5 nitrogen and oxygen atoms in total. The van der Waals surface area contributed by atoms with Gasteiger partial charge in [0, 0.05) is 21.7 Å². The zero-order valence-corrected chi connectivity index (χ0v) is 15.1. The van der Waals surface area contributed by atoms with E-state index in [0.717, 1.165) is 11.4 Å². The number of aromatic nitrogens is 3. The molecule has 0 radical (unpaired) electrons. The summed E-state index contributed by atoms with van der Waals surface area (Å²) in [5.74, 6) is -0.202. The van der Waals surface area contributed by atoms with Gasteiger partial charge in [-0.15, -0.1) is 5.10 Å². The van der Waals surface area contributed by atoms with E-state index in [0.29, 0.717) is 16.3 Å².